The lowest BCUT2D eigenvalue weighted by atomic mass is 10.1. The molecule has 1 saturated heterocycles. The molecule has 0 atom stereocenters. The van der Waals surface area contributed by atoms with Crippen LogP contribution in [0.4, 0.5) is 0 Å². The van der Waals surface area contributed by atoms with E-state index in [1.54, 1.807) is 0 Å². The molecule has 24 heavy (non-hydrogen) atoms. The summed E-state index contributed by atoms with van der Waals surface area (Å²) < 4.78 is 0. The topological polar surface area (TPSA) is 32.5 Å². The second-order valence-electron chi connectivity index (χ2n) is 6.54. The highest BCUT2D eigenvalue weighted by Gasteiger charge is 2.17. The summed E-state index contributed by atoms with van der Waals surface area (Å²) in [5.74, 6) is 0. The lowest BCUT2D eigenvalue weighted by Crippen LogP contribution is -2.45. The SMILES string of the molecule is NCCc1cccc(CN2CCN(Cc3ccc(Cl)cc3)CC2)c1. The Morgan fingerprint density at radius 2 is 1.38 bits per heavy atom. The van der Waals surface area contributed by atoms with Crippen molar-refractivity contribution in [3.63, 3.8) is 0 Å². The Balaban J connectivity index is 1.48. The Labute approximate surface area is 150 Å². The first-order valence-corrected chi connectivity index (χ1v) is 9.08. The molecule has 3 rings (SSSR count). The Morgan fingerprint density at radius 3 is 2.00 bits per heavy atom. The first-order chi connectivity index (χ1) is 11.7. The van der Waals surface area contributed by atoms with Crippen molar-refractivity contribution >= 4 is 11.6 Å². The molecule has 0 bridgehead atoms. The van der Waals surface area contributed by atoms with Crippen LogP contribution in [0.2, 0.25) is 5.02 Å². The maximum Gasteiger partial charge on any atom is 0.0406 e. The fourth-order valence-corrected chi connectivity index (χ4v) is 3.39. The molecule has 0 radical (unpaired) electrons. The zero-order valence-electron chi connectivity index (χ0n) is 14.1. The van der Waals surface area contributed by atoms with Gasteiger partial charge in [-0.1, -0.05) is 48.0 Å². The van der Waals surface area contributed by atoms with Crippen molar-refractivity contribution in [2.24, 2.45) is 5.73 Å². The van der Waals surface area contributed by atoms with E-state index < -0.39 is 0 Å². The molecule has 1 heterocycles. The van der Waals surface area contributed by atoms with Crippen LogP contribution in [0, 0.1) is 0 Å². The van der Waals surface area contributed by atoms with Crippen LogP contribution in [0.5, 0.6) is 0 Å². The van der Waals surface area contributed by atoms with E-state index in [2.05, 4.69) is 46.2 Å². The van der Waals surface area contributed by atoms with E-state index in [1.807, 2.05) is 12.1 Å². The maximum absolute atomic E-state index is 5.95. The summed E-state index contributed by atoms with van der Waals surface area (Å²) in [5, 5.41) is 0.806. The molecule has 0 aromatic heterocycles. The predicted octanol–water partition coefficient (Wildman–Crippen LogP) is 3.16. The maximum atomic E-state index is 5.95. The van der Waals surface area contributed by atoms with Crippen molar-refractivity contribution in [2.45, 2.75) is 19.5 Å². The van der Waals surface area contributed by atoms with E-state index >= 15 is 0 Å². The minimum atomic E-state index is 0.715. The van der Waals surface area contributed by atoms with E-state index in [0.717, 1.165) is 50.7 Å². The molecule has 0 amide bonds. The molecule has 2 aromatic carbocycles. The van der Waals surface area contributed by atoms with Gasteiger partial charge in [0.05, 0.1) is 0 Å². The third kappa shape index (κ3) is 5.05. The quantitative estimate of drug-likeness (QED) is 0.874. The van der Waals surface area contributed by atoms with E-state index in [1.165, 1.54) is 16.7 Å². The second kappa shape index (κ2) is 8.63. The van der Waals surface area contributed by atoms with Gasteiger partial charge in [0.1, 0.15) is 0 Å². The zero-order valence-corrected chi connectivity index (χ0v) is 14.9. The van der Waals surface area contributed by atoms with Crippen molar-refractivity contribution in [1.82, 2.24) is 9.80 Å². The standard InChI is InChI=1S/C20H26ClN3/c21-20-6-4-18(5-7-20)15-23-10-12-24(13-11-23)16-19-3-1-2-17(14-19)8-9-22/h1-7,14H,8-13,15-16,22H2. The molecule has 0 saturated carbocycles. The normalized spacial score (nSPS) is 16.4. The van der Waals surface area contributed by atoms with Gasteiger partial charge >= 0.3 is 0 Å². The summed E-state index contributed by atoms with van der Waals surface area (Å²) in [7, 11) is 0. The molecule has 4 heteroatoms. The summed E-state index contributed by atoms with van der Waals surface area (Å²) in [6.07, 6.45) is 0.961. The molecule has 1 aliphatic heterocycles. The Kier molecular flexibility index (Phi) is 6.27. The van der Waals surface area contributed by atoms with Crippen molar-refractivity contribution in [3.8, 4) is 0 Å². The van der Waals surface area contributed by atoms with Crippen molar-refractivity contribution < 1.29 is 0 Å². The minimum Gasteiger partial charge on any atom is -0.330 e. The second-order valence-corrected chi connectivity index (χ2v) is 6.97. The number of piperazine rings is 1. The highest BCUT2D eigenvalue weighted by Crippen LogP contribution is 2.15. The third-order valence-corrected chi connectivity index (χ3v) is 4.87. The zero-order chi connectivity index (χ0) is 16.8. The van der Waals surface area contributed by atoms with Crippen LogP contribution in [-0.4, -0.2) is 42.5 Å². The number of rotatable bonds is 6. The summed E-state index contributed by atoms with van der Waals surface area (Å²) >= 11 is 5.95. The minimum absolute atomic E-state index is 0.715. The molecule has 0 unspecified atom stereocenters. The molecule has 2 aromatic rings. The molecular weight excluding hydrogens is 318 g/mol. The molecule has 0 aliphatic carbocycles. The van der Waals surface area contributed by atoms with Gasteiger partial charge in [-0.2, -0.15) is 0 Å². The lowest BCUT2D eigenvalue weighted by Gasteiger charge is -2.34. The predicted molar refractivity (Wildman–Crippen MR) is 101 cm³/mol. The highest BCUT2D eigenvalue weighted by molar-refractivity contribution is 6.30. The fraction of sp³-hybridized carbons (Fsp3) is 0.400. The highest BCUT2D eigenvalue weighted by atomic mass is 35.5. The van der Waals surface area contributed by atoms with Crippen LogP contribution in [-0.2, 0) is 19.5 Å². The van der Waals surface area contributed by atoms with Crippen LogP contribution in [0.1, 0.15) is 16.7 Å². The fourth-order valence-electron chi connectivity index (χ4n) is 3.26. The number of hydrogen-bond acceptors (Lipinski definition) is 3. The molecule has 1 fully saturated rings. The smallest absolute Gasteiger partial charge is 0.0406 e. The number of halogens is 1. The summed E-state index contributed by atoms with van der Waals surface area (Å²) in [6.45, 7) is 7.23. The summed E-state index contributed by atoms with van der Waals surface area (Å²) in [5.41, 5.74) is 9.73. The molecule has 0 spiro atoms. The van der Waals surface area contributed by atoms with Gasteiger partial charge in [-0.15, -0.1) is 0 Å². The van der Waals surface area contributed by atoms with Gasteiger partial charge in [0, 0.05) is 44.3 Å². The van der Waals surface area contributed by atoms with E-state index in [4.69, 9.17) is 17.3 Å². The van der Waals surface area contributed by atoms with Gasteiger partial charge in [0.25, 0.3) is 0 Å². The monoisotopic (exact) mass is 343 g/mol. The Morgan fingerprint density at radius 1 is 0.792 bits per heavy atom. The molecule has 1 aliphatic rings. The van der Waals surface area contributed by atoms with E-state index in [9.17, 15) is 0 Å². The van der Waals surface area contributed by atoms with Gasteiger partial charge in [0.15, 0.2) is 0 Å². The van der Waals surface area contributed by atoms with Crippen molar-refractivity contribution in [2.75, 3.05) is 32.7 Å². The third-order valence-electron chi connectivity index (χ3n) is 4.61. The van der Waals surface area contributed by atoms with Crippen LogP contribution in [0.25, 0.3) is 0 Å². The van der Waals surface area contributed by atoms with Crippen molar-refractivity contribution in [3.05, 3.63) is 70.2 Å². The molecular formula is C20H26ClN3. The van der Waals surface area contributed by atoms with Gasteiger partial charge in [-0.25, -0.2) is 0 Å². The average Bonchev–Trinajstić information content (AvgIpc) is 2.59. The van der Waals surface area contributed by atoms with Crippen LogP contribution >= 0.6 is 11.6 Å². The van der Waals surface area contributed by atoms with Crippen LogP contribution in [0.3, 0.4) is 0 Å². The first kappa shape index (κ1) is 17.4. The number of hydrogen-bond donors (Lipinski definition) is 1. The number of benzene rings is 2. The van der Waals surface area contributed by atoms with Crippen LogP contribution < -0.4 is 5.73 Å². The Hall–Kier alpha value is -1.39. The Bertz CT molecular complexity index is 634. The van der Waals surface area contributed by atoms with Gasteiger partial charge in [-0.05, 0) is 41.8 Å². The van der Waals surface area contributed by atoms with E-state index in [-0.39, 0.29) is 0 Å². The molecule has 2 N–H and O–H groups in total. The lowest BCUT2D eigenvalue weighted by molar-refractivity contribution is 0.122. The van der Waals surface area contributed by atoms with Gasteiger partial charge < -0.3 is 5.73 Å². The first-order valence-electron chi connectivity index (χ1n) is 8.70. The molecule has 128 valence electrons. The van der Waals surface area contributed by atoms with E-state index in [0.29, 0.717) is 6.54 Å². The molecule has 3 nitrogen and oxygen atoms in total. The summed E-state index contributed by atoms with van der Waals surface area (Å²) in [6, 6.07) is 17.0. The average molecular weight is 344 g/mol. The number of nitrogens with two attached hydrogens (primary N) is 1. The number of nitrogens with zero attached hydrogens (tertiary/aromatic N) is 2. The largest absolute Gasteiger partial charge is 0.330 e. The van der Waals surface area contributed by atoms with Gasteiger partial charge in [0.2, 0.25) is 0 Å². The van der Waals surface area contributed by atoms with Crippen molar-refractivity contribution in [1.29, 1.82) is 0 Å². The van der Waals surface area contributed by atoms with Gasteiger partial charge in [-0.3, -0.25) is 9.80 Å². The summed E-state index contributed by atoms with van der Waals surface area (Å²) in [4.78, 5) is 5.06. The van der Waals surface area contributed by atoms with Crippen LogP contribution in [0.15, 0.2) is 48.5 Å².